The number of hydrogen-bond acceptors (Lipinski definition) is 9. The molecule has 282 valence electrons. The van der Waals surface area contributed by atoms with Gasteiger partial charge in [-0.3, -0.25) is 4.79 Å². The molecule has 48 heavy (non-hydrogen) atoms. The third-order valence-electron chi connectivity index (χ3n) is 8.87. The number of rotatable bonds is 32. The highest BCUT2D eigenvalue weighted by Gasteiger charge is 2.44. The van der Waals surface area contributed by atoms with Crippen LogP contribution in [-0.4, -0.2) is 89.6 Å². The van der Waals surface area contributed by atoms with Crippen LogP contribution in [-0.2, 0) is 23.7 Å². The van der Waals surface area contributed by atoms with E-state index in [1.54, 1.807) is 0 Å². The van der Waals surface area contributed by atoms with Crippen molar-refractivity contribution in [1.82, 2.24) is 0 Å². The third-order valence-corrected chi connectivity index (χ3v) is 8.87. The van der Waals surface area contributed by atoms with Crippen LogP contribution < -0.4 is 0 Å². The molecule has 0 saturated carbocycles. The van der Waals surface area contributed by atoms with Crippen LogP contribution in [0.5, 0.6) is 0 Å². The average molecular weight is 685 g/mol. The Labute approximate surface area is 292 Å². The zero-order valence-corrected chi connectivity index (χ0v) is 30.5. The Balaban J connectivity index is 2.32. The summed E-state index contributed by atoms with van der Waals surface area (Å²) >= 11 is 0. The fourth-order valence-corrected chi connectivity index (χ4v) is 5.74. The van der Waals surface area contributed by atoms with Gasteiger partial charge in [0.2, 0.25) is 0 Å². The number of hydrogen-bond donors (Lipinski definition) is 4. The molecule has 0 aliphatic carbocycles. The monoisotopic (exact) mass is 685 g/mol. The smallest absolute Gasteiger partial charge is 0.306 e. The Bertz CT molecular complexity index is 787. The lowest BCUT2D eigenvalue weighted by molar-refractivity contribution is -0.305. The molecule has 9 nitrogen and oxygen atoms in total. The van der Waals surface area contributed by atoms with Crippen molar-refractivity contribution >= 4 is 5.97 Å². The first-order valence-corrected chi connectivity index (χ1v) is 19.4. The summed E-state index contributed by atoms with van der Waals surface area (Å²) in [4.78, 5) is 12.7. The molecule has 9 heteroatoms. The Morgan fingerprint density at radius 1 is 0.667 bits per heavy atom. The highest BCUT2D eigenvalue weighted by molar-refractivity contribution is 5.69. The van der Waals surface area contributed by atoms with Crippen LogP contribution in [0.2, 0.25) is 0 Å². The van der Waals surface area contributed by atoms with Gasteiger partial charge in [-0.25, -0.2) is 0 Å². The Morgan fingerprint density at radius 2 is 1.23 bits per heavy atom. The zero-order chi connectivity index (χ0) is 35.1. The predicted octanol–water partition coefficient (Wildman–Crippen LogP) is 7.47. The number of ether oxygens (including phenoxy) is 4. The van der Waals surface area contributed by atoms with Crippen LogP contribution in [0.15, 0.2) is 24.3 Å². The summed E-state index contributed by atoms with van der Waals surface area (Å²) in [5.74, 6) is -0.321. The van der Waals surface area contributed by atoms with E-state index in [0.717, 1.165) is 51.4 Å². The lowest BCUT2D eigenvalue weighted by Gasteiger charge is -2.39. The van der Waals surface area contributed by atoms with E-state index in [0.29, 0.717) is 13.0 Å². The standard InChI is InChI=1S/C39H72O9/c1-3-5-7-9-11-13-15-16-17-18-19-21-23-25-27-29-45-31-33(32-46-39-38(44)37(43)36(42)34(30-40)48-39)47-35(41)28-26-24-22-20-14-12-10-8-6-4-2/h9,11,15-16,33-34,36-40,42-44H,3-8,10,12-14,17-32H2,1-2H3/b11-9-,16-15-. The summed E-state index contributed by atoms with van der Waals surface area (Å²) in [6.45, 7) is 4.47. The molecule has 0 spiro atoms. The Morgan fingerprint density at radius 3 is 1.85 bits per heavy atom. The molecule has 6 atom stereocenters. The number of carbonyl (C=O) groups is 1. The van der Waals surface area contributed by atoms with Crippen LogP contribution in [0.3, 0.4) is 0 Å². The maximum Gasteiger partial charge on any atom is 0.306 e. The summed E-state index contributed by atoms with van der Waals surface area (Å²) < 4.78 is 22.7. The van der Waals surface area contributed by atoms with Gasteiger partial charge in [0.05, 0.1) is 19.8 Å². The number of unbranched alkanes of at least 4 members (excludes halogenated alkanes) is 17. The Kier molecular flexibility index (Phi) is 29.5. The first kappa shape index (κ1) is 44.7. The molecule has 0 amide bonds. The van der Waals surface area contributed by atoms with Gasteiger partial charge in [-0.05, 0) is 38.5 Å². The molecule has 1 aliphatic heterocycles. The number of carbonyl (C=O) groups excluding carboxylic acids is 1. The quantitative estimate of drug-likeness (QED) is 0.0323. The van der Waals surface area contributed by atoms with Gasteiger partial charge in [-0.15, -0.1) is 0 Å². The van der Waals surface area contributed by atoms with Crippen molar-refractivity contribution in [2.24, 2.45) is 0 Å². The van der Waals surface area contributed by atoms with Crippen molar-refractivity contribution in [3.63, 3.8) is 0 Å². The molecule has 0 aromatic rings. The molecule has 1 aliphatic rings. The van der Waals surface area contributed by atoms with Crippen LogP contribution >= 0.6 is 0 Å². The SMILES string of the molecule is CCCC/C=C\C/C=C\CCCCCCCCOCC(COC1OC(CO)C(O)C(O)C1O)OC(=O)CCCCCCCCCCCC. The fourth-order valence-electron chi connectivity index (χ4n) is 5.74. The second-order valence-corrected chi connectivity index (χ2v) is 13.4. The largest absolute Gasteiger partial charge is 0.457 e. The van der Waals surface area contributed by atoms with Gasteiger partial charge in [-0.2, -0.15) is 0 Å². The normalized spacial score (nSPS) is 22.2. The van der Waals surface area contributed by atoms with Gasteiger partial charge in [-0.1, -0.05) is 134 Å². The highest BCUT2D eigenvalue weighted by atomic mass is 16.7. The third kappa shape index (κ3) is 23.1. The van der Waals surface area contributed by atoms with Crippen molar-refractivity contribution in [2.75, 3.05) is 26.4 Å². The summed E-state index contributed by atoms with van der Waals surface area (Å²) in [6, 6.07) is 0. The average Bonchev–Trinajstić information content (AvgIpc) is 3.08. The molecular weight excluding hydrogens is 612 g/mol. The van der Waals surface area contributed by atoms with E-state index in [1.807, 2.05) is 0 Å². The van der Waals surface area contributed by atoms with Gasteiger partial charge < -0.3 is 39.4 Å². The van der Waals surface area contributed by atoms with Crippen LogP contribution in [0, 0.1) is 0 Å². The van der Waals surface area contributed by atoms with E-state index in [1.165, 1.54) is 83.5 Å². The molecular formula is C39H72O9. The minimum absolute atomic E-state index is 0.115. The maximum absolute atomic E-state index is 12.7. The molecule has 1 heterocycles. The minimum Gasteiger partial charge on any atom is -0.457 e. The second-order valence-electron chi connectivity index (χ2n) is 13.4. The first-order valence-electron chi connectivity index (χ1n) is 19.4. The number of esters is 1. The van der Waals surface area contributed by atoms with E-state index in [2.05, 4.69) is 38.2 Å². The van der Waals surface area contributed by atoms with Crippen molar-refractivity contribution in [3.05, 3.63) is 24.3 Å². The van der Waals surface area contributed by atoms with Gasteiger partial charge in [0, 0.05) is 13.0 Å². The lowest BCUT2D eigenvalue weighted by atomic mass is 9.99. The molecule has 0 aromatic carbocycles. The van der Waals surface area contributed by atoms with Crippen molar-refractivity contribution < 1.29 is 44.2 Å². The fraction of sp³-hybridized carbons (Fsp3) is 0.872. The van der Waals surface area contributed by atoms with Crippen molar-refractivity contribution in [1.29, 1.82) is 0 Å². The second kappa shape index (κ2) is 31.6. The molecule has 1 fully saturated rings. The Hall–Kier alpha value is -1.33. The number of allylic oxidation sites excluding steroid dienone is 4. The summed E-state index contributed by atoms with van der Waals surface area (Å²) in [5.41, 5.74) is 0. The molecule has 0 bridgehead atoms. The predicted molar refractivity (Wildman–Crippen MR) is 192 cm³/mol. The van der Waals surface area contributed by atoms with Gasteiger partial charge in [0.15, 0.2) is 6.29 Å². The molecule has 1 rings (SSSR count). The van der Waals surface area contributed by atoms with Crippen LogP contribution in [0.1, 0.15) is 155 Å². The summed E-state index contributed by atoms with van der Waals surface area (Å²) in [7, 11) is 0. The van der Waals surface area contributed by atoms with Crippen molar-refractivity contribution in [3.8, 4) is 0 Å². The van der Waals surface area contributed by atoms with Gasteiger partial charge in [0.1, 0.15) is 30.5 Å². The van der Waals surface area contributed by atoms with Gasteiger partial charge >= 0.3 is 5.97 Å². The first-order chi connectivity index (χ1) is 23.4. The van der Waals surface area contributed by atoms with E-state index in [4.69, 9.17) is 18.9 Å². The van der Waals surface area contributed by atoms with E-state index < -0.39 is 43.4 Å². The molecule has 4 N–H and O–H groups in total. The summed E-state index contributed by atoms with van der Waals surface area (Å²) in [5, 5.41) is 39.9. The van der Waals surface area contributed by atoms with Gasteiger partial charge in [0.25, 0.3) is 0 Å². The molecule has 1 saturated heterocycles. The minimum atomic E-state index is -1.53. The molecule has 0 radical (unpaired) electrons. The zero-order valence-electron chi connectivity index (χ0n) is 30.5. The number of aliphatic hydroxyl groups excluding tert-OH is 4. The van der Waals surface area contributed by atoms with Crippen LogP contribution in [0.4, 0.5) is 0 Å². The van der Waals surface area contributed by atoms with E-state index in [9.17, 15) is 25.2 Å². The van der Waals surface area contributed by atoms with Crippen molar-refractivity contribution in [2.45, 2.75) is 192 Å². The topological polar surface area (TPSA) is 135 Å². The van der Waals surface area contributed by atoms with Crippen LogP contribution in [0.25, 0.3) is 0 Å². The highest BCUT2D eigenvalue weighted by Crippen LogP contribution is 2.22. The molecule has 0 aromatic heterocycles. The number of aliphatic hydroxyl groups is 4. The maximum atomic E-state index is 12.7. The lowest BCUT2D eigenvalue weighted by Crippen LogP contribution is -2.59. The van der Waals surface area contributed by atoms with E-state index >= 15 is 0 Å². The molecule has 6 unspecified atom stereocenters. The summed E-state index contributed by atoms with van der Waals surface area (Å²) in [6.07, 6.45) is 26.3. The van der Waals surface area contributed by atoms with E-state index in [-0.39, 0.29) is 19.2 Å².